The van der Waals surface area contributed by atoms with Crippen molar-refractivity contribution in [3.8, 4) is 5.75 Å². The number of hydrogen-bond donors (Lipinski definition) is 1. The van der Waals surface area contributed by atoms with E-state index >= 15 is 0 Å². The van der Waals surface area contributed by atoms with Crippen LogP contribution in [-0.2, 0) is 11.3 Å². The largest absolute Gasteiger partial charge is 0.485 e. The molecule has 0 radical (unpaired) electrons. The number of ether oxygens (including phenoxy) is 2. The van der Waals surface area contributed by atoms with Gasteiger partial charge in [-0.15, -0.1) is 12.4 Å². The Hall–Kier alpha value is -2.12. The smallest absolute Gasteiger partial charge is 0.337 e. The first kappa shape index (κ1) is 20.2. The maximum absolute atomic E-state index is 11.5. The van der Waals surface area contributed by atoms with Crippen molar-refractivity contribution in [3.63, 3.8) is 0 Å². The Morgan fingerprint density at radius 3 is 2.96 bits per heavy atom. The first-order chi connectivity index (χ1) is 12.0. The van der Waals surface area contributed by atoms with Gasteiger partial charge in [0, 0.05) is 5.54 Å². The van der Waals surface area contributed by atoms with E-state index in [1.54, 1.807) is 24.3 Å². The van der Waals surface area contributed by atoms with Crippen LogP contribution in [0.1, 0.15) is 60.6 Å². The van der Waals surface area contributed by atoms with Gasteiger partial charge >= 0.3 is 5.97 Å². The van der Waals surface area contributed by atoms with Gasteiger partial charge in [-0.3, -0.25) is 0 Å². The summed E-state index contributed by atoms with van der Waals surface area (Å²) in [6, 6.07) is 6.76. The fourth-order valence-electron chi connectivity index (χ4n) is 3.21. The van der Waals surface area contributed by atoms with Crippen LogP contribution >= 0.6 is 12.4 Å². The molecule has 7 nitrogen and oxygen atoms in total. The van der Waals surface area contributed by atoms with Gasteiger partial charge in [-0.25, -0.2) is 4.79 Å². The van der Waals surface area contributed by atoms with E-state index in [-0.39, 0.29) is 30.5 Å². The summed E-state index contributed by atoms with van der Waals surface area (Å²) in [6.07, 6.45) is 4.15. The summed E-state index contributed by atoms with van der Waals surface area (Å²) >= 11 is 0. The Bertz CT molecular complexity index is 748. The predicted octanol–water partition coefficient (Wildman–Crippen LogP) is 3.23. The molecule has 26 heavy (non-hydrogen) atoms. The van der Waals surface area contributed by atoms with Gasteiger partial charge in [-0.1, -0.05) is 24.1 Å². The van der Waals surface area contributed by atoms with Crippen LogP contribution in [0.25, 0.3) is 0 Å². The third kappa shape index (κ3) is 4.53. The van der Waals surface area contributed by atoms with Crippen LogP contribution < -0.4 is 10.5 Å². The second-order valence-corrected chi connectivity index (χ2v) is 6.66. The zero-order chi connectivity index (χ0) is 17.9. The van der Waals surface area contributed by atoms with Gasteiger partial charge in [0.05, 0.1) is 18.6 Å². The average Bonchev–Trinajstić information content (AvgIpc) is 3.07. The Labute approximate surface area is 158 Å². The molecule has 0 bridgehead atoms. The molecule has 1 aromatic heterocycles. The maximum atomic E-state index is 11.5. The summed E-state index contributed by atoms with van der Waals surface area (Å²) < 4.78 is 15.8. The molecule has 142 valence electrons. The summed E-state index contributed by atoms with van der Waals surface area (Å²) in [4.78, 5) is 16.0. The topological polar surface area (TPSA) is 100 Å². The van der Waals surface area contributed by atoms with Crippen LogP contribution in [0, 0.1) is 0 Å². The van der Waals surface area contributed by atoms with E-state index in [1.807, 2.05) is 6.92 Å². The lowest BCUT2D eigenvalue weighted by Crippen LogP contribution is -2.44. The average molecular weight is 382 g/mol. The van der Waals surface area contributed by atoms with Gasteiger partial charge in [-0.05, 0) is 38.0 Å². The highest BCUT2D eigenvalue weighted by atomic mass is 35.5. The lowest BCUT2D eigenvalue weighted by molar-refractivity contribution is 0.0600. The molecule has 1 fully saturated rings. The van der Waals surface area contributed by atoms with E-state index in [2.05, 4.69) is 10.1 Å². The van der Waals surface area contributed by atoms with Crippen molar-refractivity contribution in [1.82, 2.24) is 10.1 Å². The van der Waals surface area contributed by atoms with Gasteiger partial charge in [0.15, 0.2) is 6.61 Å². The van der Waals surface area contributed by atoms with Gasteiger partial charge < -0.3 is 19.7 Å². The Kier molecular flexibility index (Phi) is 6.61. The number of halogens is 1. The molecule has 1 heterocycles. The Morgan fingerprint density at radius 1 is 1.42 bits per heavy atom. The molecule has 2 atom stereocenters. The minimum atomic E-state index is -0.410. The highest BCUT2D eigenvalue weighted by Gasteiger charge is 2.37. The van der Waals surface area contributed by atoms with Crippen molar-refractivity contribution in [2.24, 2.45) is 5.73 Å². The van der Waals surface area contributed by atoms with Crippen molar-refractivity contribution in [1.29, 1.82) is 0 Å². The highest BCUT2D eigenvalue weighted by molar-refractivity contribution is 5.89. The van der Waals surface area contributed by atoms with E-state index in [0.717, 1.165) is 25.7 Å². The minimum absolute atomic E-state index is 0. The molecule has 1 aliphatic rings. The second kappa shape index (κ2) is 8.51. The van der Waals surface area contributed by atoms with Crippen molar-refractivity contribution in [3.05, 3.63) is 41.5 Å². The quantitative estimate of drug-likeness (QED) is 0.793. The summed E-state index contributed by atoms with van der Waals surface area (Å²) in [5.41, 5.74) is 6.49. The van der Waals surface area contributed by atoms with E-state index in [0.29, 0.717) is 23.0 Å². The minimum Gasteiger partial charge on any atom is -0.485 e. The van der Waals surface area contributed by atoms with E-state index in [1.165, 1.54) is 7.11 Å². The molecular weight excluding hydrogens is 358 g/mol. The van der Waals surface area contributed by atoms with Crippen LogP contribution in [0.15, 0.2) is 28.8 Å². The number of aromatic nitrogens is 2. The van der Waals surface area contributed by atoms with Crippen molar-refractivity contribution < 1.29 is 18.8 Å². The number of methoxy groups -OCH3 is 1. The molecular formula is C18H24ClN3O4. The number of hydrogen-bond acceptors (Lipinski definition) is 7. The fourth-order valence-corrected chi connectivity index (χ4v) is 3.21. The van der Waals surface area contributed by atoms with Gasteiger partial charge in [0.25, 0.3) is 0 Å². The summed E-state index contributed by atoms with van der Waals surface area (Å²) in [5.74, 6) is 1.24. The van der Waals surface area contributed by atoms with Crippen molar-refractivity contribution in [2.45, 2.75) is 50.7 Å². The molecule has 2 aromatic rings. The van der Waals surface area contributed by atoms with Crippen LogP contribution in [0.2, 0.25) is 0 Å². The number of carbonyl (C=O) groups is 1. The van der Waals surface area contributed by atoms with Crippen LogP contribution in [-0.4, -0.2) is 28.8 Å². The Morgan fingerprint density at radius 2 is 2.23 bits per heavy atom. The number of nitrogens with zero attached hydrogens (tertiary/aromatic N) is 2. The standard InChI is InChI=1S/C18H23N3O4.ClH/c1-18(19)9-4-3-8-14(18)16-20-15(21-25-16)11-24-13-7-5-6-12(10-13)17(22)23-2;/h5-7,10,14H,3-4,8-9,11,19H2,1-2H3;1H. The van der Waals surface area contributed by atoms with E-state index in [4.69, 9.17) is 19.7 Å². The number of esters is 1. The zero-order valence-electron chi connectivity index (χ0n) is 14.9. The Balaban J connectivity index is 0.00000243. The molecule has 1 aromatic carbocycles. The van der Waals surface area contributed by atoms with Crippen LogP contribution in [0.4, 0.5) is 0 Å². The van der Waals surface area contributed by atoms with Gasteiger partial charge in [0.2, 0.25) is 11.7 Å². The molecule has 8 heteroatoms. The number of nitrogens with two attached hydrogens (primary N) is 1. The van der Waals surface area contributed by atoms with E-state index < -0.39 is 5.97 Å². The molecule has 2 unspecified atom stereocenters. The lowest BCUT2D eigenvalue weighted by Gasteiger charge is -2.35. The highest BCUT2D eigenvalue weighted by Crippen LogP contribution is 2.38. The molecule has 0 amide bonds. The molecule has 0 spiro atoms. The van der Waals surface area contributed by atoms with Gasteiger partial charge in [0.1, 0.15) is 5.75 Å². The third-order valence-electron chi connectivity index (χ3n) is 4.66. The summed E-state index contributed by atoms with van der Waals surface area (Å²) in [5, 5.41) is 3.99. The summed E-state index contributed by atoms with van der Waals surface area (Å²) in [7, 11) is 1.34. The molecule has 0 saturated heterocycles. The molecule has 2 N–H and O–H groups in total. The molecule has 0 aliphatic heterocycles. The van der Waals surface area contributed by atoms with Crippen LogP contribution in [0.3, 0.4) is 0 Å². The predicted molar refractivity (Wildman–Crippen MR) is 97.5 cm³/mol. The van der Waals surface area contributed by atoms with Crippen molar-refractivity contribution in [2.75, 3.05) is 7.11 Å². The van der Waals surface area contributed by atoms with Crippen LogP contribution in [0.5, 0.6) is 5.75 Å². The number of benzene rings is 1. The monoisotopic (exact) mass is 381 g/mol. The molecule has 3 rings (SSSR count). The first-order valence-electron chi connectivity index (χ1n) is 8.42. The second-order valence-electron chi connectivity index (χ2n) is 6.66. The summed E-state index contributed by atoms with van der Waals surface area (Å²) in [6.45, 7) is 2.19. The zero-order valence-corrected chi connectivity index (χ0v) is 15.8. The van der Waals surface area contributed by atoms with Gasteiger partial charge in [-0.2, -0.15) is 4.98 Å². The lowest BCUT2D eigenvalue weighted by atomic mass is 9.74. The molecule has 1 aliphatic carbocycles. The SMILES string of the molecule is COC(=O)c1cccc(OCc2noc(C3CCCCC3(C)N)n2)c1.Cl. The van der Waals surface area contributed by atoms with E-state index in [9.17, 15) is 4.79 Å². The van der Waals surface area contributed by atoms with Crippen molar-refractivity contribution >= 4 is 18.4 Å². The third-order valence-corrected chi connectivity index (χ3v) is 4.66. The first-order valence-corrected chi connectivity index (χ1v) is 8.42. The maximum Gasteiger partial charge on any atom is 0.337 e. The number of carbonyl (C=O) groups excluding carboxylic acids is 1. The number of rotatable bonds is 5. The normalized spacial score (nSPS) is 22.3. The fraction of sp³-hybridized carbons (Fsp3) is 0.500. The molecule has 1 saturated carbocycles.